The lowest BCUT2D eigenvalue weighted by Gasteiger charge is -2.16. The molecule has 0 saturated heterocycles. The minimum atomic E-state index is -3.15. The molecule has 2 rings (SSSR count). The second-order valence-corrected chi connectivity index (χ2v) is 9.22. The van der Waals surface area contributed by atoms with E-state index in [1.165, 1.54) is 5.56 Å². The van der Waals surface area contributed by atoms with E-state index in [4.69, 9.17) is 4.99 Å². The number of guanidine groups is 1. The minimum Gasteiger partial charge on any atom is -0.357 e. The summed E-state index contributed by atoms with van der Waals surface area (Å²) < 4.78 is 26.5. The van der Waals surface area contributed by atoms with Crippen molar-refractivity contribution in [3.8, 4) is 0 Å². The minimum absolute atomic E-state index is 0. The first kappa shape index (κ1) is 23.6. The molecule has 1 fully saturated rings. The van der Waals surface area contributed by atoms with Gasteiger partial charge >= 0.3 is 0 Å². The van der Waals surface area contributed by atoms with E-state index in [0.717, 1.165) is 36.4 Å². The molecule has 9 heteroatoms. The third-order valence-electron chi connectivity index (χ3n) is 4.29. The maximum atomic E-state index is 11.4. The molecule has 0 heterocycles. The van der Waals surface area contributed by atoms with E-state index in [9.17, 15) is 8.42 Å². The van der Waals surface area contributed by atoms with Gasteiger partial charge in [0.2, 0.25) is 10.0 Å². The van der Waals surface area contributed by atoms with Gasteiger partial charge in [0.15, 0.2) is 5.96 Å². The first-order valence-corrected chi connectivity index (χ1v) is 11.1. The molecule has 1 aliphatic rings. The van der Waals surface area contributed by atoms with E-state index < -0.39 is 10.0 Å². The third kappa shape index (κ3) is 7.32. The average molecular weight is 559 g/mol. The van der Waals surface area contributed by atoms with Crippen LogP contribution in [0.5, 0.6) is 0 Å². The molecule has 0 spiro atoms. The standard InChI is InChI=1S/C17H27BrN4O2S.HI/c1-3-19-16(20-10-11-22-25(23,24)4-2)21-13-17(8-9-17)14-6-5-7-15(18)12-14;/h5-7,12,22H,3-4,8-11,13H2,1-2H3,(H2,19,20,21);1H. The Labute approximate surface area is 182 Å². The smallest absolute Gasteiger partial charge is 0.211 e. The van der Waals surface area contributed by atoms with E-state index in [2.05, 4.69) is 49.5 Å². The van der Waals surface area contributed by atoms with E-state index in [-0.39, 0.29) is 35.1 Å². The fourth-order valence-corrected chi connectivity index (χ4v) is 3.59. The molecule has 1 aromatic rings. The zero-order valence-corrected chi connectivity index (χ0v) is 20.0. The van der Waals surface area contributed by atoms with Gasteiger partial charge in [0.25, 0.3) is 0 Å². The highest BCUT2D eigenvalue weighted by atomic mass is 127. The first-order valence-electron chi connectivity index (χ1n) is 8.66. The summed E-state index contributed by atoms with van der Waals surface area (Å²) >= 11 is 3.53. The number of hydrogen-bond donors (Lipinski definition) is 3. The molecule has 148 valence electrons. The monoisotopic (exact) mass is 558 g/mol. The maximum absolute atomic E-state index is 11.4. The number of nitrogens with zero attached hydrogens (tertiary/aromatic N) is 1. The SMILES string of the molecule is CCNC(=NCC1(c2cccc(Br)c2)CC1)NCCNS(=O)(=O)CC.I. The zero-order chi connectivity index (χ0) is 18.3. The van der Waals surface area contributed by atoms with Crippen LogP contribution in [-0.2, 0) is 15.4 Å². The normalized spacial score (nSPS) is 15.9. The molecule has 0 unspecified atom stereocenters. The first-order chi connectivity index (χ1) is 11.9. The van der Waals surface area contributed by atoms with Crippen LogP contribution in [0.25, 0.3) is 0 Å². The largest absolute Gasteiger partial charge is 0.357 e. The Morgan fingerprint density at radius 3 is 2.54 bits per heavy atom. The Balaban J connectivity index is 0.00000338. The summed E-state index contributed by atoms with van der Waals surface area (Å²) in [7, 11) is -3.15. The molecular weight excluding hydrogens is 531 g/mol. The van der Waals surface area contributed by atoms with Crippen LogP contribution in [0.15, 0.2) is 33.7 Å². The summed E-state index contributed by atoms with van der Waals surface area (Å²) in [5.41, 5.74) is 1.45. The number of nitrogens with one attached hydrogen (secondary N) is 3. The van der Waals surface area contributed by atoms with Crippen LogP contribution in [-0.4, -0.2) is 46.3 Å². The lowest BCUT2D eigenvalue weighted by Crippen LogP contribution is -2.42. The fourth-order valence-electron chi connectivity index (χ4n) is 2.57. The lowest BCUT2D eigenvalue weighted by atomic mass is 9.96. The van der Waals surface area contributed by atoms with Gasteiger partial charge in [-0.1, -0.05) is 28.1 Å². The fraction of sp³-hybridized carbons (Fsp3) is 0.588. The molecule has 0 amide bonds. The van der Waals surface area contributed by atoms with Crippen molar-refractivity contribution in [1.29, 1.82) is 0 Å². The molecule has 0 atom stereocenters. The highest BCUT2D eigenvalue weighted by molar-refractivity contribution is 14.0. The molecule has 3 N–H and O–H groups in total. The second-order valence-electron chi connectivity index (χ2n) is 6.21. The Hall–Kier alpha value is -0.390. The van der Waals surface area contributed by atoms with Gasteiger partial charge < -0.3 is 10.6 Å². The lowest BCUT2D eigenvalue weighted by molar-refractivity contribution is 0.581. The van der Waals surface area contributed by atoms with Gasteiger partial charge in [-0.3, -0.25) is 4.99 Å². The zero-order valence-electron chi connectivity index (χ0n) is 15.2. The topological polar surface area (TPSA) is 82.6 Å². The van der Waals surface area contributed by atoms with Crippen molar-refractivity contribution in [2.75, 3.05) is 31.9 Å². The Kier molecular flexibility index (Phi) is 9.84. The number of halogens is 2. The maximum Gasteiger partial charge on any atom is 0.211 e. The molecular formula is C17H28BrIN4O2S. The van der Waals surface area contributed by atoms with Gasteiger partial charge in [-0.25, -0.2) is 13.1 Å². The molecule has 0 radical (unpaired) electrons. The summed E-state index contributed by atoms with van der Waals surface area (Å²) in [6.07, 6.45) is 2.28. The van der Waals surface area contributed by atoms with Crippen LogP contribution < -0.4 is 15.4 Å². The summed E-state index contributed by atoms with van der Waals surface area (Å²) in [5.74, 6) is 0.815. The molecule has 0 aliphatic heterocycles. The van der Waals surface area contributed by atoms with Crippen LogP contribution in [0.4, 0.5) is 0 Å². The van der Waals surface area contributed by atoms with Crippen LogP contribution in [0.1, 0.15) is 32.3 Å². The van der Waals surface area contributed by atoms with Crippen molar-refractivity contribution in [2.45, 2.75) is 32.1 Å². The predicted octanol–water partition coefficient (Wildman–Crippen LogP) is 2.59. The van der Waals surface area contributed by atoms with Gasteiger partial charge in [0.1, 0.15) is 0 Å². The quantitative estimate of drug-likeness (QED) is 0.188. The van der Waals surface area contributed by atoms with E-state index >= 15 is 0 Å². The number of benzene rings is 1. The highest BCUT2D eigenvalue weighted by Crippen LogP contribution is 2.48. The predicted molar refractivity (Wildman–Crippen MR) is 122 cm³/mol. The van der Waals surface area contributed by atoms with E-state index in [1.807, 2.05) is 13.0 Å². The molecule has 26 heavy (non-hydrogen) atoms. The second kappa shape index (κ2) is 10.8. The number of aliphatic imine (C=N–C) groups is 1. The van der Waals surface area contributed by atoms with Crippen LogP contribution in [0.3, 0.4) is 0 Å². The molecule has 1 saturated carbocycles. The summed E-state index contributed by atoms with van der Waals surface area (Å²) in [6, 6.07) is 8.42. The van der Waals surface area contributed by atoms with Crippen molar-refractivity contribution >= 4 is 55.9 Å². The number of sulfonamides is 1. The summed E-state index contributed by atoms with van der Waals surface area (Å²) in [5, 5.41) is 6.39. The third-order valence-corrected chi connectivity index (χ3v) is 6.19. The van der Waals surface area contributed by atoms with E-state index in [1.54, 1.807) is 6.92 Å². The molecule has 0 bridgehead atoms. The number of rotatable bonds is 9. The van der Waals surface area contributed by atoms with Crippen LogP contribution in [0.2, 0.25) is 0 Å². The van der Waals surface area contributed by atoms with Gasteiger partial charge in [-0.05, 0) is 44.4 Å². The van der Waals surface area contributed by atoms with Gasteiger partial charge in [0, 0.05) is 29.5 Å². The Morgan fingerprint density at radius 2 is 1.96 bits per heavy atom. The van der Waals surface area contributed by atoms with E-state index in [0.29, 0.717) is 13.1 Å². The summed E-state index contributed by atoms with van der Waals surface area (Å²) in [6.45, 7) is 5.96. The Morgan fingerprint density at radius 1 is 1.23 bits per heavy atom. The van der Waals surface area contributed by atoms with Crippen molar-refractivity contribution in [1.82, 2.24) is 15.4 Å². The molecule has 0 aromatic heterocycles. The van der Waals surface area contributed by atoms with Crippen LogP contribution in [0, 0.1) is 0 Å². The van der Waals surface area contributed by atoms with Gasteiger partial charge in [0.05, 0.1) is 12.3 Å². The molecule has 1 aromatic carbocycles. The van der Waals surface area contributed by atoms with Crippen LogP contribution >= 0.6 is 39.9 Å². The van der Waals surface area contributed by atoms with Gasteiger partial charge in [-0.15, -0.1) is 24.0 Å². The van der Waals surface area contributed by atoms with Gasteiger partial charge in [-0.2, -0.15) is 0 Å². The average Bonchev–Trinajstić information content (AvgIpc) is 3.38. The number of hydrogen-bond acceptors (Lipinski definition) is 3. The Bertz CT molecular complexity index is 708. The molecule has 1 aliphatic carbocycles. The summed E-state index contributed by atoms with van der Waals surface area (Å²) in [4.78, 5) is 4.71. The van der Waals surface area contributed by atoms with Crippen molar-refractivity contribution in [3.05, 3.63) is 34.3 Å². The molecule has 6 nitrogen and oxygen atoms in total. The van der Waals surface area contributed by atoms with Crippen molar-refractivity contribution < 1.29 is 8.42 Å². The van der Waals surface area contributed by atoms with Crippen molar-refractivity contribution in [3.63, 3.8) is 0 Å². The van der Waals surface area contributed by atoms with Crippen molar-refractivity contribution in [2.24, 2.45) is 4.99 Å². The highest BCUT2D eigenvalue weighted by Gasteiger charge is 2.44.